The van der Waals surface area contributed by atoms with Gasteiger partial charge in [-0.25, -0.2) is 0 Å². The fourth-order valence-electron chi connectivity index (χ4n) is 1.78. The molecule has 0 spiro atoms. The summed E-state index contributed by atoms with van der Waals surface area (Å²) in [5.74, 6) is 0.182. The Kier molecular flexibility index (Phi) is 4.18. The Morgan fingerprint density at radius 3 is 3.08 bits per heavy atom. The summed E-state index contributed by atoms with van der Waals surface area (Å²) in [6, 6.07) is 0.297. The third kappa shape index (κ3) is 2.67. The molecule has 0 aliphatic carbocycles. The average molecular weight is 186 g/mol. The number of carbonyl (C=O) groups excluding carboxylic acids is 1. The Balaban J connectivity index is 2.42. The highest BCUT2D eigenvalue weighted by Crippen LogP contribution is 2.16. The Hall–Kier alpha value is -0.610. The fraction of sp³-hybridized carbons (Fsp3) is 0.889. The van der Waals surface area contributed by atoms with E-state index in [2.05, 4.69) is 5.32 Å². The summed E-state index contributed by atoms with van der Waals surface area (Å²) in [7, 11) is 3.47. The van der Waals surface area contributed by atoms with Gasteiger partial charge in [0, 0.05) is 13.7 Å². The minimum Gasteiger partial charge on any atom is -0.383 e. The van der Waals surface area contributed by atoms with Gasteiger partial charge in [0.25, 0.3) is 0 Å². The van der Waals surface area contributed by atoms with Gasteiger partial charge < -0.3 is 15.0 Å². The first-order valence-electron chi connectivity index (χ1n) is 4.72. The molecule has 13 heavy (non-hydrogen) atoms. The molecule has 1 fully saturated rings. The van der Waals surface area contributed by atoms with Crippen LogP contribution in [0, 0.1) is 0 Å². The van der Waals surface area contributed by atoms with Crippen molar-refractivity contribution in [1.29, 1.82) is 0 Å². The van der Waals surface area contributed by atoms with Crippen LogP contribution < -0.4 is 5.32 Å². The van der Waals surface area contributed by atoms with Gasteiger partial charge in [-0.2, -0.15) is 0 Å². The number of ether oxygens (including phenoxy) is 1. The monoisotopic (exact) mass is 186 g/mol. The van der Waals surface area contributed by atoms with Gasteiger partial charge in [0.15, 0.2) is 0 Å². The van der Waals surface area contributed by atoms with Gasteiger partial charge in [-0.1, -0.05) is 0 Å². The summed E-state index contributed by atoms with van der Waals surface area (Å²) >= 11 is 0. The van der Waals surface area contributed by atoms with Crippen LogP contribution in [0.4, 0.5) is 0 Å². The van der Waals surface area contributed by atoms with Crippen molar-refractivity contribution in [3.8, 4) is 0 Å². The molecule has 0 aromatic rings. The Bertz CT molecular complexity index is 173. The van der Waals surface area contributed by atoms with Crippen LogP contribution in [-0.2, 0) is 9.53 Å². The van der Waals surface area contributed by atoms with Crippen molar-refractivity contribution in [1.82, 2.24) is 10.2 Å². The van der Waals surface area contributed by atoms with E-state index < -0.39 is 0 Å². The molecule has 4 heteroatoms. The number of amides is 1. The van der Waals surface area contributed by atoms with E-state index >= 15 is 0 Å². The first-order chi connectivity index (χ1) is 6.29. The second-order valence-corrected chi connectivity index (χ2v) is 3.37. The summed E-state index contributed by atoms with van der Waals surface area (Å²) in [6.07, 6.45) is 2.17. The standard InChI is InChI=1S/C9H18N2O2/c1-10-6-9(12)11-5-3-4-8(11)7-13-2/h8,10H,3-7H2,1-2H3. The maximum atomic E-state index is 11.5. The summed E-state index contributed by atoms with van der Waals surface area (Å²) in [6.45, 7) is 1.98. The van der Waals surface area contributed by atoms with Crippen molar-refractivity contribution in [3.05, 3.63) is 0 Å². The predicted octanol–water partition coefficient (Wildman–Crippen LogP) is -0.157. The fourth-order valence-corrected chi connectivity index (χ4v) is 1.78. The number of nitrogens with zero attached hydrogens (tertiary/aromatic N) is 1. The van der Waals surface area contributed by atoms with Crippen molar-refractivity contribution in [3.63, 3.8) is 0 Å². The van der Waals surface area contributed by atoms with E-state index in [4.69, 9.17) is 4.74 Å². The van der Waals surface area contributed by atoms with Crippen molar-refractivity contribution in [2.24, 2.45) is 0 Å². The quantitative estimate of drug-likeness (QED) is 0.663. The van der Waals surface area contributed by atoms with Crippen LogP contribution in [0.5, 0.6) is 0 Å². The molecule has 1 unspecified atom stereocenters. The second-order valence-electron chi connectivity index (χ2n) is 3.37. The number of hydrogen-bond donors (Lipinski definition) is 1. The maximum Gasteiger partial charge on any atom is 0.236 e. The van der Waals surface area contributed by atoms with Crippen LogP contribution in [-0.4, -0.2) is 50.7 Å². The maximum absolute atomic E-state index is 11.5. The highest BCUT2D eigenvalue weighted by molar-refractivity contribution is 5.78. The highest BCUT2D eigenvalue weighted by atomic mass is 16.5. The van der Waals surface area contributed by atoms with Crippen molar-refractivity contribution < 1.29 is 9.53 Å². The zero-order valence-electron chi connectivity index (χ0n) is 8.38. The third-order valence-electron chi connectivity index (χ3n) is 2.38. The number of likely N-dealkylation sites (tertiary alicyclic amines) is 1. The number of nitrogens with one attached hydrogen (secondary N) is 1. The van der Waals surface area contributed by atoms with Crippen LogP contribution in [0.1, 0.15) is 12.8 Å². The summed E-state index contributed by atoms with van der Waals surface area (Å²) < 4.78 is 5.07. The number of hydrogen-bond acceptors (Lipinski definition) is 3. The molecule has 0 aromatic carbocycles. The Morgan fingerprint density at radius 1 is 1.69 bits per heavy atom. The lowest BCUT2D eigenvalue weighted by Crippen LogP contribution is -2.42. The molecule has 0 aromatic heterocycles. The molecule has 1 rings (SSSR count). The topological polar surface area (TPSA) is 41.6 Å². The molecule has 1 aliphatic rings. The van der Waals surface area contributed by atoms with Gasteiger partial charge in [0.1, 0.15) is 0 Å². The smallest absolute Gasteiger partial charge is 0.236 e. The van der Waals surface area contributed by atoms with Crippen molar-refractivity contribution in [2.45, 2.75) is 18.9 Å². The van der Waals surface area contributed by atoms with Gasteiger partial charge in [-0.05, 0) is 19.9 Å². The molecule has 1 saturated heterocycles. The molecule has 1 atom stereocenters. The molecule has 1 aliphatic heterocycles. The largest absolute Gasteiger partial charge is 0.383 e. The molecule has 0 radical (unpaired) electrons. The molecule has 76 valence electrons. The molecule has 0 saturated carbocycles. The molecule has 0 bridgehead atoms. The molecule has 1 amide bonds. The van der Waals surface area contributed by atoms with E-state index in [9.17, 15) is 4.79 Å². The summed E-state index contributed by atoms with van der Waals surface area (Å²) in [5, 5.41) is 2.87. The summed E-state index contributed by atoms with van der Waals surface area (Å²) in [4.78, 5) is 13.5. The van der Waals surface area contributed by atoms with E-state index in [0.717, 1.165) is 19.4 Å². The summed E-state index contributed by atoms with van der Waals surface area (Å²) in [5.41, 5.74) is 0. The number of likely N-dealkylation sites (N-methyl/N-ethyl adjacent to an activating group) is 1. The van der Waals surface area contributed by atoms with E-state index in [1.165, 1.54) is 0 Å². The third-order valence-corrected chi connectivity index (χ3v) is 2.38. The zero-order valence-corrected chi connectivity index (χ0v) is 8.38. The van der Waals surface area contributed by atoms with E-state index in [1.807, 2.05) is 4.90 Å². The van der Waals surface area contributed by atoms with E-state index in [1.54, 1.807) is 14.2 Å². The number of rotatable bonds is 4. The lowest BCUT2D eigenvalue weighted by molar-refractivity contribution is -0.131. The van der Waals surface area contributed by atoms with E-state index in [0.29, 0.717) is 19.2 Å². The minimum atomic E-state index is 0.182. The Labute approximate surface area is 79.2 Å². The number of methoxy groups -OCH3 is 1. The lowest BCUT2D eigenvalue weighted by Gasteiger charge is -2.23. The zero-order chi connectivity index (χ0) is 9.68. The molecular formula is C9H18N2O2. The first-order valence-corrected chi connectivity index (χ1v) is 4.72. The van der Waals surface area contributed by atoms with Gasteiger partial charge in [-0.3, -0.25) is 4.79 Å². The SMILES string of the molecule is CNCC(=O)N1CCCC1COC. The lowest BCUT2D eigenvalue weighted by atomic mass is 10.2. The van der Waals surface area contributed by atoms with E-state index in [-0.39, 0.29) is 5.91 Å². The van der Waals surface area contributed by atoms with Crippen molar-refractivity contribution >= 4 is 5.91 Å². The normalized spacial score (nSPS) is 22.3. The Morgan fingerprint density at radius 2 is 2.46 bits per heavy atom. The predicted molar refractivity (Wildman–Crippen MR) is 50.5 cm³/mol. The molecular weight excluding hydrogens is 168 g/mol. The highest BCUT2D eigenvalue weighted by Gasteiger charge is 2.27. The molecule has 1 heterocycles. The van der Waals surface area contributed by atoms with Crippen LogP contribution in [0.15, 0.2) is 0 Å². The number of carbonyl (C=O) groups is 1. The van der Waals surface area contributed by atoms with Crippen molar-refractivity contribution in [2.75, 3.05) is 33.9 Å². The van der Waals surface area contributed by atoms with Gasteiger partial charge in [-0.15, -0.1) is 0 Å². The van der Waals surface area contributed by atoms with Crippen LogP contribution in [0.2, 0.25) is 0 Å². The molecule has 4 nitrogen and oxygen atoms in total. The minimum absolute atomic E-state index is 0.182. The van der Waals surface area contributed by atoms with Crippen LogP contribution in [0.3, 0.4) is 0 Å². The molecule has 1 N–H and O–H groups in total. The second kappa shape index (κ2) is 5.19. The van der Waals surface area contributed by atoms with Gasteiger partial charge in [0.2, 0.25) is 5.91 Å². The van der Waals surface area contributed by atoms with Gasteiger partial charge >= 0.3 is 0 Å². The van der Waals surface area contributed by atoms with Crippen LogP contribution >= 0.6 is 0 Å². The van der Waals surface area contributed by atoms with Crippen LogP contribution in [0.25, 0.3) is 0 Å². The van der Waals surface area contributed by atoms with Gasteiger partial charge in [0.05, 0.1) is 19.2 Å². The average Bonchev–Trinajstić information content (AvgIpc) is 2.54. The first kappa shape index (κ1) is 10.5.